The van der Waals surface area contributed by atoms with Crippen LogP contribution in [0, 0.1) is 6.92 Å². The monoisotopic (exact) mass is 324 g/mol. The van der Waals surface area contributed by atoms with Gasteiger partial charge in [-0.25, -0.2) is 4.79 Å². The highest BCUT2D eigenvalue weighted by atomic mass is 32.1. The molecule has 2 unspecified atom stereocenters. The molecule has 2 aromatic heterocycles. The molecule has 0 aromatic carbocycles. The number of aromatic nitrogens is 2. The van der Waals surface area contributed by atoms with Gasteiger partial charge in [-0.3, -0.25) is 10.1 Å². The number of rotatable bonds is 4. The maximum Gasteiger partial charge on any atom is 0.404 e. The number of carboxylic acid groups (broad SMARTS) is 1. The van der Waals surface area contributed by atoms with Gasteiger partial charge in [0, 0.05) is 12.0 Å². The number of nitrogens with one attached hydrogen (secondary N) is 2. The molecule has 7 nitrogen and oxygen atoms in total. The van der Waals surface area contributed by atoms with E-state index < -0.39 is 6.09 Å². The minimum absolute atomic E-state index is 0.0428. The van der Waals surface area contributed by atoms with E-state index in [1.54, 1.807) is 0 Å². The van der Waals surface area contributed by atoms with Crippen molar-refractivity contribution in [2.75, 3.05) is 5.32 Å². The smallest absolute Gasteiger partial charge is 0.404 e. The summed E-state index contributed by atoms with van der Waals surface area (Å²) in [5.41, 5.74) is 0.998. The fraction of sp³-hybridized carbons (Fsp3) is 0.333. The van der Waals surface area contributed by atoms with Crippen molar-refractivity contribution < 1.29 is 14.7 Å². The summed E-state index contributed by atoms with van der Waals surface area (Å²) in [5, 5.41) is 24.7. The highest BCUT2D eigenvalue weighted by Crippen LogP contribution is 2.42. The van der Waals surface area contributed by atoms with Gasteiger partial charge in [0.2, 0.25) is 5.13 Å². The van der Waals surface area contributed by atoms with Gasteiger partial charge in [-0.2, -0.15) is 0 Å². The minimum atomic E-state index is -1.01. The summed E-state index contributed by atoms with van der Waals surface area (Å²) < 4.78 is 0. The number of anilines is 1. The topological polar surface area (TPSA) is 104 Å². The lowest BCUT2D eigenvalue weighted by Gasteiger charge is -1.98. The molecule has 2 aromatic rings. The van der Waals surface area contributed by atoms with Crippen LogP contribution in [-0.4, -0.2) is 33.3 Å². The van der Waals surface area contributed by atoms with Crippen molar-refractivity contribution in [1.29, 1.82) is 0 Å². The molecule has 0 aliphatic heterocycles. The van der Waals surface area contributed by atoms with Crippen molar-refractivity contribution in [3.05, 3.63) is 26.9 Å². The number of aryl methyl sites for hydroxylation is 1. The molecule has 2 atom stereocenters. The minimum Gasteiger partial charge on any atom is -0.465 e. The van der Waals surface area contributed by atoms with Crippen LogP contribution in [0.5, 0.6) is 0 Å². The second-order valence-corrected chi connectivity index (χ2v) is 6.82. The third-order valence-electron chi connectivity index (χ3n) is 3.12. The van der Waals surface area contributed by atoms with Crippen LogP contribution < -0.4 is 10.6 Å². The molecule has 3 N–H and O–H groups in total. The molecular weight excluding hydrogens is 312 g/mol. The number of carbonyl (C=O) groups is 2. The Morgan fingerprint density at radius 2 is 2.24 bits per heavy atom. The predicted molar refractivity (Wildman–Crippen MR) is 79.2 cm³/mol. The van der Waals surface area contributed by atoms with Gasteiger partial charge < -0.3 is 10.4 Å². The van der Waals surface area contributed by atoms with Crippen molar-refractivity contribution in [3.8, 4) is 0 Å². The Bertz CT molecular complexity index is 696. The third kappa shape index (κ3) is 3.19. The van der Waals surface area contributed by atoms with Gasteiger partial charge in [-0.05, 0) is 30.4 Å². The van der Waals surface area contributed by atoms with Crippen molar-refractivity contribution in [3.63, 3.8) is 0 Å². The van der Waals surface area contributed by atoms with Crippen LogP contribution in [0.3, 0.4) is 0 Å². The van der Waals surface area contributed by atoms with Gasteiger partial charge >= 0.3 is 6.09 Å². The first-order valence-corrected chi connectivity index (χ1v) is 7.92. The number of nitrogens with zero attached hydrogens (tertiary/aromatic N) is 2. The Morgan fingerprint density at radius 3 is 2.90 bits per heavy atom. The molecule has 3 rings (SSSR count). The van der Waals surface area contributed by atoms with Crippen molar-refractivity contribution >= 4 is 39.8 Å². The van der Waals surface area contributed by atoms with E-state index >= 15 is 0 Å². The maximum absolute atomic E-state index is 12.1. The van der Waals surface area contributed by atoms with E-state index in [-0.39, 0.29) is 17.9 Å². The molecule has 2 amide bonds. The summed E-state index contributed by atoms with van der Waals surface area (Å²) in [5.74, 6) is -0.0477. The maximum atomic E-state index is 12.1. The second kappa shape index (κ2) is 5.41. The first kappa shape index (κ1) is 14.0. The number of thiophene rings is 1. The Labute approximate surface area is 128 Å². The van der Waals surface area contributed by atoms with Gasteiger partial charge in [0.05, 0.1) is 4.88 Å². The van der Waals surface area contributed by atoms with Crippen molar-refractivity contribution in [2.45, 2.75) is 25.3 Å². The van der Waals surface area contributed by atoms with E-state index in [0.29, 0.717) is 10.0 Å². The van der Waals surface area contributed by atoms with Gasteiger partial charge in [-0.15, -0.1) is 21.5 Å². The van der Waals surface area contributed by atoms with Gasteiger partial charge in [0.1, 0.15) is 5.01 Å². The van der Waals surface area contributed by atoms with Crippen molar-refractivity contribution in [2.24, 2.45) is 0 Å². The largest absolute Gasteiger partial charge is 0.465 e. The van der Waals surface area contributed by atoms with E-state index in [9.17, 15) is 9.59 Å². The van der Waals surface area contributed by atoms with E-state index in [0.717, 1.165) is 17.0 Å². The Morgan fingerprint density at radius 1 is 1.43 bits per heavy atom. The molecule has 1 aliphatic carbocycles. The van der Waals surface area contributed by atoms with Crippen LogP contribution in [0.25, 0.3) is 0 Å². The first-order valence-electron chi connectivity index (χ1n) is 6.22. The normalized spacial score (nSPS) is 20.0. The van der Waals surface area contributed by atoms with Gasteiger partial charge in [0.25, 0.3) is 5.91 Å². The highest BCUT2D eigenvalue weighted by molar-refractivity contribution is 7.15. The number of hydrogen-bond donors (Lipinski definition) is 3. The number of carbonyl (C=O) groups excluding carboxylic acids is 1. The summed E-state index contributed by atoms with van der Waals surface area (Å²) in [6.07, 6.45) is -0.234. The molecule has 1 aliphatic rings. The molecule has 0 saturated heterocycles. The fourth-order valence-corrected chi connectivity index (χ4v) is 3.51. The summed E-state index contributed by atoms with van der Waals surface area (Å²) in [7, 11) is 0. The van der Waals surface area contributed by atoms with E-state index in [1.807, 2.05) is 18.4 Å². The van der Waals surface area contributed by atoms with Crippen LogP contribution in [0.15, 0.2) is 11.4 Å². The molecule has 0 spiro atoms. The zero-order valence-corrected chi connectivity index (χ0v) is 12.6. The molecule has 0 radical (unpaired) electrons. The zero-order chi connectivity index (χ0) is 15.0. The summed E-state index contributed by atoms with van der Waals surface area (Å²) >= 11 is 2.66. The van der Waals surface area contributed by atoms with Crippen LogP contribution >= 0.6 is 22.7 Å². The molecular formula is C12H12N4O3S2. The quantitative estimate of drug-likeness (QED) is 0.800. The van der Waals surface area contributed by atoms with Crippen LogP contribution in [0.1, 0.15) is 32.6 Å². The SMILES string of the molecule is Cc1nnc(NC(=O)c2cc(C3CC3NC(=O)O)cs2)s1. The zero-order valence-electron chi connectivity index (χ0n) is 11.0. The van der Waals surface area contributed by atoms with Crippen LogP contribution in [0.2, 0.25) is 0 Å². The molecule has 1 saturated carbocycles. The van der Waals surface area contributed by atoms with Crippen LogP contribution in [0.4, 0.5) is 9.93 Å². The van der Waals surface area contributed by atoms with Crippen molar-refractivity contribution in [1.82, 2.24) is 15.5 Å². The van der Waals surface area contributed by atoms with E-state index in [2.05, 4.69) is 20.8 Å². The van der Waals surface area contributed by atoms with Gasteiger partial charge in [0.15, 0.2) is 0 Å². The molecule has 21 heavy (non-hydrogen) atoms. The predicted octanol–water partition coefficient (Wildman–Crippen LogP) is 2.28. The average molecular weight is 324 g/mol. The van der Waals surface area contributed by atoms with E-state index in [1.165, 1.54) is 22.7 Å². The van der Waals surface area contributed by atoms with Gasteiger partial charge in [-0.1, -0.05) is 11.3 Å². The summed E-state index contributed by atoms with van der Waals surface area (Å²) in [4.78, 5) is 23.2. The standard InChI is InChI=1S/C12H12N4O3S2/c1-5-15-16-11(21-5)14-10(17)9-2-6(4-20-9)7-3-8(7)13-12(18)19/h2,4,7-8,13H,3H2,1H3,(H,18,19)(H,14,16,17). The lowest BCUT2D eigenvalue weighted by Crippen LogP contribution is -2.24. The van der Waals surface area contributed by atoms with Crippen LogP contribution in [-0.2, 0) is 0 Å². The molecule has 0 bridgehead atoms. The lowest BCUT2D eigenvalue weighted by atomic mass is 10.2. The second-order valence-electron chi connectivity index (χ2n) is 4.72. The molecule has 2 heterocycles. The number of amides is 2. The lowest BCUT2D eigenvalue weighted by molar-refractivity contribution is 0.103. The average Bonchev–Trinajstić information content (AvgIpc) is 2.86. The Hall–Kier alpha value is -2.00. The third-order valence-corrected chi connectivity index (χ3v) is 4.82. The first-order chi connectivity index (χ1) is 10.0. The summed E-state index contributed by atoms with van der Waals surface area (Å²) in [6, 6.07) is 1.76. The molecule has 9 heteroatoms. The highest BCUT2D eigenvalue weighted by Gasteiger charge is 2.40. The Balaban J connectivity index is 1.62. The molecule has 1 fully saturated rings. The Kier molecular flexibility index (Phi) is 3.60. The fourth-order valence-electron chi connectivity index (χ4n) is 2.05. The number of hydrogen-bond acceptors (Lipinski definition) is 6. The summed E-state index contributed by atoms with van der Waals surface area (Å²) in [6.45, 7) is 1.82. The molecule has 110 valence electrons. The van der Waals surface area contributed by atoms with E-state index in [4.69, 9.17) is 5.11 Å².